The Balaban J connectivity index is 3.25. The van der Waals surface area contributed by atoms with Crippen LogP contribution in [0.4, 0.5) is 4.79 Å². The van der Waals surface area contributed by atoms with Crippen molar-refractivity contribution in [3.8, 4) is 0 Å². The van der Waals surface area contributed by atoms with Gasteiger partial charge in [0, 0.05) is 0 Å². The summed E-state index contributed by atoms with van der Waals surface area (Å²) in [6.45, 7) is 7.62. The Kier molecular flexibility index (Phi) is 3.91. The maximum absolute atomic E-state index is 12.1. The van der Waals surface area contributed by atoms with E-state index in [2.05, 4.69) is 10.6 Å². The number of hydrogen-bond donors (Lipinski definition) is 2. The van der Waals surface area contributed by atoms with E-state index in [0.29, 0.717) is 12.8 Å². The highest BCUT2D eigenvalue weighted by Crippen LogP contribution is 2.41. The highest BCUT2D eigenvalue weighted by molar-refractivity contribution is 6.19. The molecule has 0 aromatic rings. The lowest BCUT2D eigenvalue weighted by Crippen LogP contribution is -2.66. The van der Waals surface area contributed by atoms with E-state index in [4.69, 9.17) is 0 Å². The molecule has 17 heavy (non-hydrogen) atoms. The summed E-state index contributed by atoms with van der Waals surface area (Å²) in [5, 5.41) is 4.44. The van der Waals surface area contributed by atoms with Crippen LogP contribution in [0.2, 0.25) is 0 Å². The van der Waals surface area contributed by atoms with E-state index in [-0.39, 0.29) is 11.8 Å². The van der Waals surface area contributed by atoms with Crippen LogP contribution in [0.1, 0.15) is 40.5 Å². The SMILES string of the molecule is CCC(C)C1(C(C)CC)C(=O)NC(=O)NC1=O. The first-order chi connectivity index (χ1) is 7.91. The van der Waals surface area contributed by atoms with E-state index >= 15 is 0 Å². The zero-order valence-electron chi connectivity index (χ0n) is 10.8. The summed E-state index contributed by atoms with van der Waals surface area (Å²) in [5.41, 5.74) is -1.13. The van der Waals surface area contributed by atoms with Crippen LogP contribution in [0, 0.1) is 17.3 Å². The maximum Gasteiger partial charge on any atom is 0.328 e. The molecule has 2 N–H and O–H groups in total. The molecule has 0 aromatic carbocycles. The molecule has 4 amide bonds. The van der Waals surface area contributed by atoms with Crippen molar-refractivity contribution in [3.63, 3.8) is 0 Å². The van der Waals surface area contributed by atoms with Crippen molar-refractivity contribution in [2.75, 3.05) is 0 Å². The van der Waals surface area contributed by atoms with Crippen molar-refractivity contribution in [3.05, 3.63) is 0 Å². The van der Waals surface area contributed by atoms with Gasteiger partial charge in [-0.2, -0.15) is 0 Å². The summed E-state index contributed by atoms with van der Waals surface area (Å²) in [5.74, 6) is -1.14. The van der Waals surface area contributed by atoms with Crippen LogP contribution >= 0.6 is 0 Å². The summed E-state index contributed by atoms with van der Waals surface area (Å²) >= 11 is 0. The summed E-state index contributed by atoms with van der Waals surface area (Å²) in [6, 6.07) is -0.720. The lowest BCUT2D eigenvalue weighted by atomic mass is 9.64. The molecule has 1 rings (SSSR count). The second-order valence-corrected chi connectivity index (χ2v) is 4.72. The third kappa shape index (κ3) is 1.94. The van der Waals surface area contributed by atoms with Crippen molar-refractivity contribution < 1.29 is 14.4 Å². The van der Waals surface area contributed by atoms with Crippen molar-refractivity contribution in [2.24, 2.45) is 17.3 Å². The number of carbonyl (C=O) groups is 3. The first-order valence-corrected chi connectivity index (χ1v) is 6.08. The van der Waals surface area contributed by atoms with E-state index in [1.807, 2.05) is 27.7 Å². The third-order valence-corrected chi connectivity index (χ3v) is 3.98. The van der Waals surface area contributed by atoms with Crippen LogP contribution in [0.5, 0.6) is 0 Å². The molecule has 0 radical (unpaired) electrons. The molecular weight excluding hydrogens is 220 g/mol. The molecule has 1 fully saturated rings. The number of carbonyl (C=O) groups excluding carboxylic acids is 3. The molecule has 0 aliphatic carbocycles. The fourth-order valence-corrected chi connectivity index (χ4v) is 2.57. The van der Waals surface area contributed by atoms with E-state index in [1.54, 1.807) is 0 Å². The minimum atomic E-state index is -1.13. The van der Waals surface area contributed by atoms with Gasteiger partial charge in [0.1, 0.15) is 5.41 Å². The highest BCUT2D eigenvalue weighted by atomic mass is 16.2. The van der Waals surface area contributed by atoms with E-state index in [0.717, 1.165) is 0 Å². The van der Waals surface area contributed by atoms with Gasteiger partial charge in [-0.1, -0.05) is 40.5 Å². The molecule has 1 aliphatic rings. The number of hydrogen-bond acceptors (Lipinski definition) is 3. The minimum Gasteiger partial charge on any atom is -0.277 e. The molecule has 96 valence electrons. The summed E-state index contributed by atoms with van der Waals surface area (Å²) in [7, 11) is 0. The van der Waals surface area contributed by atoms with Gasteiger partial charge in [-0.25, -0.2) is 4.79 Å². The molecule has 0 bridgehead atoms. The number of nitrogens with one attached hydrogen (secondary N) is 2. The molecule has 1 saturated heterocycles. The van der Waals surface area contributed by atoms with Crippen LogP contribution < -0.4 is 10.6 Å². The van der Waals surface area contributed by atoms with Crippen molar-refractivity contribution >= 4 is 17.8 Å². The van der Waals surface area contributed by atoms with Gasteiger partial charge < -0.3 is 0 Å². The first-order valence-electron chi connectivity index (χ1n) is 6.08. The van der Waals surface area contributed by atoms with Gasteiger partial charge in [0.15, 0.2) is 0 Å². The molecule has 0 aromatic heterocycles. The Hall–Kier alpha value is -1.39. The second-order valence-electron chi connectivity index (χ2n) is 4.72. The molecule has 5 heteroatoms. The first kappa shape index (κ1) is 13.7. The Morgan fingerprint density at radius 2 is 1.29 bits per heavy atom. The Morgan fingerprint density at radius 1 is 0.941 bits per heavy atom. The quantitative estimate of drug-likeness (QED) is 0.730. The zero-order chi connectivity index (χ0) is 13.2. The van der Waals surface area contributed by atoms with Crippen LogP contribution in [-0.2, 0) is 9.59 Å². The highest BCUT2D eigenvalue weighted by Gasteiger charge is 2.56. The largest absolute Gasteiger partial charge is 0.328 e. The topological polar surface area (TPSA) is 75.3 Å². The number of urea groups is 1. The fourth-order valence-electron chi connectivity index (χ4n) is 2.57. The lowest BCUT2D eigenvalue weighted by molar-refractivity contribution is -0.152. The average Bonchev–Trinajstić information content (AvgIpc) is 2.27. The van der Waals surface area contributed by atoms with Crippen molar-refractivity contribution in [1.29, 1.82) is 0 Å². The summed E-state index contributed by atoms with van der Waals surface area (Å²) in [6.07, 6.45) is 1.42. The summed E-state index contributed by atoms with van der Waals surface area (Å²) in [4.78, 5) is 35.4. The molecule has 0 spiro atoms. The number of imide groups is 2. The van der Waals surface area contributed by atoms with Crippen LogP contribution in [0.3, 0.4) is 0 Å². The zero-order valence-corrected chi connectivity index (χ0v) is 10.8. The third-order valence-electron chi connectivity index (χ3n) is 3.98. The van der Waals surface area contributed by atoms with Crippen LogP contribution in [-0.4, -0.2) is 17.8 Å². The second kappa shape index (κ2) is 4.85. The van der Waals surface area contributed by atoms with E-state index in [1.165, 1.54) is 0 Å². The Labute approximate surface area is 101 Å². The molecular formula is C12H20N2O3. The number of rotatable bonds is 4. The van der Waals surface area contributed by atoms with E-state index in [9.17, 15) is 14.4 Å². The predicted molar refractivity (Wildman–Crippen MR) is 63.0 cm³/mol. The predicted octanol–water partition coefficient (Wildman–Crippen LogP) is 1.43. The molecule has 0 saturated carbocycles. The lowest BCUT2D eigenvalue weighted by Gasteiger charge is -2.42. The van der Waals surface area contributed by atoms with Crippen molar-refractivity contribution in [2.45, 2.75) is 40.5 Å². The Morgan fingerprint density at radius 3 is 1.59 bits per heavy atom. The fraction of sp³-hybridized carbons (Fsp3) is 0.750. The van der Waals surface area contributed by atoms with Gasteiger partial charge in [0.2, 0.25) is 11.8 Å². The summed E-state index contributed by atoms with van der Waals surface area (Å²) < 4.78 is 0. The van der Waals surface area contributed by atoms with Gasteiger partial charge in [-0.15, -0.1) is 0 Å². The molecule has 1 heterocycles. The minimum absolute atomic E-state index is 0.106. The smallest absolute Gasteiger partial charge is 0.277 e. The average molecular weight is 240 g/mol. The normalized spacial score (nSPS) is 22.7. The number of barbiturate groups is 1. The number of amides is 4. The maximum atomic E-state index is 12.1. The van der Waals surface area contributed by atoms with Crippen LogP contribution in [0.25, 0.3) is 0 Å². The molecule has 2 atom stereocenters. The monoisotopic (exact) mass is 240 g/mol. The van der Waals surface area contributed by atoms with Crippen LogP contribution in [0.15, 0.2) is 0 Å². The van der Waals surface area contributed by atoms with Crippen molar-refractivity contribution in [1.82, 2.24) is 10.6 Å². The van der Waals surface area contributed by atoms with Gasteiger partial charge in [-0.3, -0.25) is 20.2 Å². The van der Waals surface area contributed by atoms with E-state index < -0.39 is 23.3 Å². The molecule has 1 aliphatic heterocycles. The van der Waals surface area contributed by atoms with Gasteiger partial charge >= 0.3 is 6.03 Å². The van der Waals surface area contributed by atoms with Gasteiger partial charge in [-0.05, 0) is 11.8 Å². The van der Waals surface area contributed by atoms with Gasteiger partial charge in [0.05, 0.1) is 0 Å². The van der Waals surface area contributed by atoms with Gasteiger partial charge in [0.25, 0.3) is 0 Å². The Bertz CT molecular complexity index is 320. The molecule has 5 nitrogen and oxygen atoms in total. The standard InChI is InChI=1S/C12H20N2O3/c1-5-7(3)12(8(4)6-2)9(15)13-11(17)14-10(12)16/h7-8H,5-6H2,1-4H3,(H2,13,14,15,16,17). The molecule has 2 unspecified atom stereocenters.